The molecule has 23 heavy (non-hydrogen) atoms. The Kier molecular flexibility index (Phi) is 4.33. The van der Waals surface area contributed by atoms with Crippen LogP contribution in [0, 0.1) is 6.92 Å². The summed E-state index contributed by atoms with van der Waals surface area (Å²) in [6, 6.07) is 21.8. The van der Waals surface area contributed by atoms with Crippen LogP contribution in [0.15, 0.2) is 79.1 Å². The van der Waals surface area contributed by atoms with Crippen molar-refractivity contribution in [2.45, 2.75) is 19.9 Å². The number of pyridine rings is 1. The van der Waals surface area contributed by atoms with Crippen molar-refractivity contribution < 1.29 is 9.36 Å². The zero-order chi connectivity index (χ0) is 16.2. The third-order valence-corrected chi connectivity index (χ3v) is 4.07. The Hall–Kier alpha value is -2.74. The molecular weight excluding hydrogens is 282 g/mol. The maximum Gasteiger partial charge on any atom is 0.230 e. The Morgan fingerprint density at radius 1 is 0.870 bits per heavy atom. The SMILES string of the molecule is Cc1ccc[n+]([C@H](C)C(=O)c2ccc(-c3ccccc3)cc2)c1. The number of carbonyl (C=O) groups excluding carboxylic acids is 1. The van der Waals surface area contributed by atoms with Gasteiger partial charge in [-0.05, 0) is 24.1 Å². The van der Waals surface area contributed by atoms with Gasteiger partial charge in [0.15, 0.2) is 12.4 Å². The van der Waals surface area contributed by atoms with E-state index in [0.717, 1.165) is 22.3 Å². The fourth-order valence-corrected chi connectivity index (χ4v) is 2.69. The van der Waals surface area contributed by atoms with E-state index in [0.29, 0.717) is 0 Å². The third kappa shape index (κ3) is 3.37. The molecule has 0 unspecified atom stereocenters. The van der Waals surface area contributed by atoms with Crippen LogP contribution in [0.2, 0.25) is 0 Å². The van der Waals surface area contributed by atoms with Crippen molar-refractivity contribution in [2.24, 2.45) is 0 Å². The zero-order valence-electron chi connectivity index (χ0n) is 13.4. The lowest BCUT2D eigenvalue weighted by atomic mass is 10.00. The number of aryl methyl sites for hydroxylation is 1. The second-order valence-electron chi connectivity index (χ2n) is 5.81. The number of rotatable bonds is 4. The molecule has 2 nitrogen and oxygen atoms in total. The Morgan fingerprint density at radius 3 is 2.17 bits per heavy atom. The number of hydrogen-bond donors (Lipinski definition) is 0. The molecule has 0 aliphatic rings. The molecule has 3 aromatic rings. The molecule has 1 heterocycles. The average molecular weight is 302 g/mol. The summed E-state index contributed by atoms with van der Waals surface area (Å²) >= 11 is 0. The predicted molar refractivity (Wildman–Crippen MR) is 92.3 cm³/mol. The molecule has 0 spiro atoms. The van der Waals surface area contributed by atoms with Crippen LogP contribution in [0.1, 0.15) is 28.9 Å². The van der Waals surface area contributed by atoms with Gasteiger partial charge < -0.3 is 0 Å². The monoisotopic (exact) mass is 302 g/mol. The van der Waals surface area contributed by atoms with E-state index in [1.807, 2.05) is 85.4 Å². The summed E-state index contributed by atoms with van der Waals surface area (Å²) in [5.74, 6) is 0.125. The van der Waals surface area contributed by atoms with Crippen LogP contribution in [0.3, 0.4) is 0 Å². The highest BCUT2D eigenvalue weighted by Crippen LogP contribution is 2.20. The van der Waals surface area contributed by atoms with Crippen molar-refractivity contribution >= 4 is 5.78 Å². The standard InChI is InChI=1S/C21H20NO/c1-16-7-6-14-22(15-16)17(2)21(23)20-12-10-19(11-13-20)18-8-4-3-5-9-18/h3-15,17H,1-2H3/q+1/t17-/m1/s1. The highest BCUT2D eigenvalue weighted by Gasteiger charge is 2.23. The Bertz CT molecular complexity index is 807. The largest absolute Gasteiger partial charge is 0.287 e. The van der Waals surface area contributed by atoms with Crippen molar-refractivity contribution in [1.29, 1.82) is 0 Å². The van der Waals surface area contributed by atoms with Gasteiger partial charge in [0.1, 0.15) is 0 Å². The number of Topliss-reactive ketones (excluding diaryl/α,β-unsaturated/α-hetero) is 1. The average Bonchev–Trinajstić information content (AvgIpc) is 2.61. The Morgan fingerprint density at radius 2 is 1.52 bits per heavy atom. The number of benzene rings is 2. The van der Waals surface area contributed by atoms with Gasteiger partial charge in [-0.25, -0.2) is 0 Å². The minimum absolute atomic E-state index is 0.125. The molecule has 114 valence electrons. The van der Waals surface area contributed by atoms with E-state index >= 15 is 0 Å². The Labute approximate surface area is 137 Å². The first-order valence-corrected chi connectivity index (χ1v) is 7.82. The van der Waals surface area contributed by atoms with Gasteiger partial charge in [0.05, 0.1) is 0 Å². The lowest BCUT2D eigenvalue weighted by Crippen LogP contribution is -2.41. The van der Waals surface area contributed by atoms with Gasteiger partial charge in [0, 0.05) is 24.1 Å². The summed E-state index contributed by atoms with van der Waals surface area (Å²) < 4.78 is 1.96. The fraction of sp³-hybridized carbons (Fsp3) is 0.143. The van der Waals surface area contributed by atoms with Gasteiger partial charge in [-0.15, -0.1) is 0 Å². The predicted octanol–water partition coefficient (Wildman–Crippen LogP) is 4.39. The van der Waals surface area contributed by atoms with E-state index in [1.54, 1.807) is 0 Å². The fourth-order valence-electron chi connectivity index (χ4n) is 2.69. The molecule has 0 saturated carbocycles. The lowest BCUT2D eigenvalue weighted by molar-refractivity contribution is -0.705. The van der Waals surface area contributed by atoms with E-state index in [2.05, 4.69) is 12.1 Å². The summed E-state index contributed by atoms with van der Waals surface area (Å²) in [6.45, 7) is 3.97. The Balaban J connectivity index is 1.83. The number of ketones is 1. The number of nitrogens with zero attached hydrogens (tertiary/aromatic N) is 1. The highest BCUT2D eigenvalue weighted by atomic mass is 16.1. The molecule has 0 fully saturated rings. The molecule has 1 aromatic heterocycles. The van der Waals surface area contributed by atoms with Gasteiger partial charge in [-0.3, -0.25) is 4.79 Å². The molecule has 2 aromatic carbocycles. The summed E-state index contributed by atoms with van der Waals surface area (Å²) in [6.07, 6.45) is 3.94. The van der Waals surface area contributed by atoms with E-state index in [4.69, 9.17) is 0 Å². The lowest BCUT2D eigenvalue weighted by Gasteiger charge is -2.08. The third-order valence-electron chi connectivity index (χ3n) is 4.07. The zero-order valence-corrected chi connectivity index (χ0v) is 13.4. The molecule has 3 rings (SSSR count). The first-order chi connectivity index (χ1) is 11.1. The molecule has 2 heteroatoms. The second kappa shape index (κ2) is 6.57. The van der Waals surface area contributed by atoms with Crippen LogP contribution in [0.4, 0.5) is 0 Å². The van der Waals surface area contributed by atoms with Gasteiger partial charge in [-0.1, -0.05) is 54.6 Å². The maximum atomic E-state index is 12.7. The molecule has 0 saturated heterocycles. The molecule has 0 N–H and O–H groups in total. The van der Waals surface area contributed by atoms with Crippen molar-refractivity contribution in [3.8, 4) is 11.1 Å². The quantitative estimate of drug-likeness (QED) is 0.517. The smallest absolute Gasteiger partial charge is 0.230 e. The van der Waals surface area contributed by atoms with Crippen molar-refractivity contribution in [1.82, 2.24) is 0 Å². The van der Waals surface area contributed by atoms with E-state index in [9.17, 15) is 4.79 Å². The van der Waals surface area contributed by atoms with Crippen LogP contribution >= 0.6 is 0 Å². The topological polar surface area (TPSA) is 20.9 Å². The van der Waals surface area contributed by atoms with Crippen LogP contribution in [-0.2, 0) is 0 Å². The summed E-state index contributed by atoms with van der Waals surface area (Å²) in [5, 5.41) is 0. The number of hydrogen-bond acceptors (Lipinski definition) is 1. The van der Waals surface area contributed by atoms with Gasteiger partial charge in [-0.2, -0.15) is 4.57 Å². The van der Waals surface area contributed by atoms with Gasteiger partial charge >= 0.3 is 0 Å². The van der Waals surface area contributed by atoms with Gasteiger partial charge in [0.2, 0.25) is 11.8 Å². The number of aromatic nitrogens is 1. The van der Waals surface area contributed by atoms with Crippen molar-refractivity contribution in [3.63, 3.8) is 0 Å². The van der Waals surface area contributed by atoms with Crippen molar-refractivity contribution in [3.05, 3.63) is 90.3 Å². The summed E-state index contributed by atoms with van der Waals surface area (Å²) in [7, 11) is 0. The number of carbonyl (C=O) groups is 1. The molecule has 1 atom stereocenters. The van der Waals surface area contributed by atoms with Crippen LogP contribution < -0.4 is 4.57 Å². The second-order valence-corrected chi connectivity index (χ2v) is 5.81. The first kappa shape index (κ1) is 15.2. The van der Waals surface area contributed by atoms with E-state index in [-0.39, 0.29) is 11.8 Å². The molecule has 0 aliphatic carbocycles. The molecule has 0 amide bonds. The minimum atomic E-state index is -0.211. The van der Waals surface area contributed by atoms with E-state index in [1.165, 1.54) is 0 Å². The first-order valence-electron chi connectivity index (χ1n) is 7.82. The maximum absolute atomic E-state index is 12.7. The molecule has 0 bridgehead atoms. The van der Waals surface area contributed by atoms with Crippen LogP contribution in [-0.4, -0.2) is 5.78 Å². The summed E-state index contributed by atoms with van der Waals surface area (Å²) in [5.41, 5.74) is 4.17. The van der Waals surface area contributed by atoms with Crippen molar-refractivity contribution in [2.75, 3.05) is 0 Å². The molecular formula is C21H20NO+. The summed E-state index contributed by atoms with van der Waals surface area (Å²) in [4.78, 5) is 12.7. The van der Waals surface area contributed by atoms with E-state index < -0.39 is 0 Å². The molecule has 0 aliphatic heterocycles. The van der Waals surface area contributed by atoms with Crippen LogP contribution in [0.25, 0.3) is 11.1 Å². The normalized spacial score (nSPS) is 11.9. The minimum Gasteiger partial charge on any atom is -0.287 e. The van der Waals surface area contributed by atoms with Gasteiger partial charge in [0.25, 0.3) is 0 Å². The highest BCUT2D eigenvalue weighted by molar-refractivity contribution is 5.98. The molecule has 0 radical (unpaired) electrons. The van der Waals surface area contributed by atoms with Crippen LogP contribution in [0.5, 0.6) is 0 Å².